The van der Waals surface area contributed by atoms with Crippen molar-refractivity contribution in [2.24, 2.45) is 5.41 Å². The minimum atomic E-state index is -0.449. The van der Waals surface area contributed by atoms with Gasteiger partial charge in [0.05, 0.1) is 5.60 Å². The Morgan fingerprint density at radius 1 is 1.38 bits per heavy atom. The van der Waals surface area contributed by atoms with E-state index in [0.717, 1.165) is 31.7 Å². The molecule has 0 bridgehead atoms. The second kappa shape index (κ2) is 3.08. The van der Waals surface area contributed by atoms with Crippen molar-refractivity contribution in [2.75, 3.05) is 18.0 Å². The second-order valence-corrected chi connectivity index (χ2v) is 5.79. The molecule has 16 heavy (non-hydrogen) atoms. The summed E-state index contributed by atoms with van der Waals surface area (Å²) in [6, 6.07) is 1.78. The molecule has 1 aromatic heterocycles. The van der Waals surface area contributed by atoms with Gasteiger partial charge >= 0.3 is 0 Å². The third-order valence-corrected chi connectivity index (χ3v) is 3.71. The molecule has 1 saturated heterocycles. The molecule has 1 aliphatic heterocycles. The van der Waals surface area contributed by atoms with Gasteiger partial charge in [-0.1, -0.05) is 11.6 Å². The average Bonchev–Trinajstić information content (AvgIpc) is 2.09. The lowest BCUT2D eigenvalue weighted by molar-refractivity contribution is -0.126. The third-order valence-electron chi connectivity index (χ3n) is 3.51. The Bertz CT molecular complexity index is 419. The summed E-state index contributed by atoms with van der Waals surface area (Å²) in [4.78, 5) is 10.2. The standard InChI is InChI=1S/C11H14ClN3O/c1-10(16)3-11(4-10)5-15(6-11)9-2-8(12)13-7-14-9/h2,7,16H,3-6H2,1H3. The molecule has 0 amide bonds. The SMILES string of the molecule is CC1(O)CC2(CN(c3cc(Cl)ncn3)C2)C1. The maximum atomic E-state index is 9.75. The van der Waals surface area contributed by atoms with Gasteiger partial charge in [0.2, 0.25) is 0 Å². The quantitative estimate of drug-likeness (QED) is 0.755. The van der Waals surface area contributed by atoms with Crippen LogP contribution in [0, 0.1) is 5.41 Å². The number of aromatic nitrogens is 2. The van der Waals surface area contributed by atoms with Crippen LogP contribution in [0.2, 0.25) is 5.15 Å². The summed E-state index contributed by atoms with van der Waals surface area (Å²) in [5.74, 6) is 0.886. The predicted molar refractivity (Wildman–Crippen MR) is 61.5 cm³/mol. The number of aliphatic hydroxyl groups is 1. The van der Waals surface area contributed by atoms with Crippen LogP contribution >= 0.6 is 11.6 Å². The Balaban J connectivity index is 1.66. The molecule has 1 saturated carbocycles. The highest BCUT2D eigenvalue weighted by atomic mass is 35.5. The van der Waals surface area contributed by atoms with Crippen LogP contribution in [0.15, 0.2) is 12.4 Å². The van der Waals surface area contributed by atoms with Crippen molar-refractivity contribution in [1.82, 2.24) is 9.97 Å². The molecule has 1 N–H and O–H groups in total. The highest BCUT2D eigenvalue weighted by Crippen LogP contribution is 2.54. The fourth-order valence-corrected chi connectivity index (χ4v) is 3.35. The van der Waals surface area contributed by atoms with Crippen molar-refractivity contribution in [1.29, 1.82) is 0 Å². The van der Waals surface area contributed by atoms with Gasteiger partial charge in [0.25, 0.3) is 0 Å². The molecule has 1 aliphatic carbocycles. The summed E-state index contributed by atoms with van der Waals surface area (Å²) in [5, 5.41) is 10.2. The highest BCUT2D eigenvalue weighted by molar-refractivity contribution is 6.29. The van der Waals surface area contributed by atoms with E-state index >= 15 is 0 Å². The molecule has 3 rings (SSSR count). The maximum Gasteiger partial charge on any atom is 0.134 e. The molecule has 4 nitrogen and oxygen atoms in total. The first-order chi connectivity index (χ1) is 7.48. The zero-order chi connectivity index (χ0) is 11.4. The van der Waals surface area contributed by atoms with Gasteiger partial charge in [-0.3, -0.25) is 0 Å². The molecule has 2 heterocycles. The zero-order valence-corrected chi connectivity index (χ0v) is 9.91. The van der Waals surface area contributed by atoms with E-state index in [9.17, 15) is 5.11 Å². The first-order valence-electron chi connectivity index (χ1n) is 5.43. The molecule has 2 fully saturated rings. The number of hydrogen-bond donors (Lipinski definition) is 1. The minimum absolute atomic E-state index is 0.320. The van der Waals surface area contributed by atoms with Gasteiger partial charge in [-0.15, -0.1) is 0 Å². The van der Waals surface area contributed by atoms with Gasteiger partial charge < -0.3 is 10.0 Å². The number of anilines is 1. The predicted octanol–water partition coefficient (Wildman–Crippen LogP) is 1.48. The van der Waals surface area contributed by atoms with Crippen LogP contribution in [0.5, 0.6) is 0 Å². The van der Waals surface area contributed by atoms with E-state index in [1.165, 1.54) is 6.33 Å². The van der Waals surface area contributed by atoms with Crippen LogP contribution < -0.4 is 4.90 Å². The Morgan fingerprint density at radius 3 is 2.62 bits per heavy atom. The zero-order valence-electron chi connectivity index (χ0n) is 9.15. The summed E-state index contributed by atoms with van der Waals surface area (Å²) >= 11 is 5.82. The molecular formula is C11H14ClN3O. The number of rotatable bonds is 1. The summed E-state index contributed by atoms with van der Waals surface area (Å²) < 4.78 is 0. The van der Waals surface area contributed by atoms with Gasteiger partial charge in [-0.05, 0) is 19.8 Å². The fourth-order valence-electron chi connectivity index (χ4n) is 3.21. The Kier molecular flexibility index (Phi) is 1.98. The lowest BCUT2D eigenvalue weighted by Crippen LogP contribution is -2.67. The van der Waals surface area contributed by atoms with Crippen LogP contribution in [0.1, 0.15) is 19.8 Å². The van der Waals surface area contributed by atoms with Crippen LogP contribution in [-0.4, -0.2) is 33.8 Å². The van der Waals surface area contributed by atoms with E-state index < -0.39 is 5.60 Å². The summed E-state index contributed by atoms with van der Waals surface area (Å²) in [6.07, 6.45) is 3.28. The topological polar surface area (TPSA) is 49.2 Å². The molecule has 2 aliphatic rings. The van der Waals surface area contributed by atoms with E-state index in [2.05, 4.69) is 14.9 Å². The van der Waals surface area contributed by atoms with E-state index in [-0.39, 0.29) is 0 Å². The maximum absolute atomic E-state index is 9.75. The van der Waals surface area contributed by atoms with Gasteiger partial charge in [0.15, 0.2) is 0 Å². The molecule has 1 spiro atoms. The first-order valence-corrected chi connectivity index (χ1v) is 5.81. The van der Waals surface area contributed by atoms with Crippen molar-refractivity contribution in [3.8, 4) is 0 Å². The molecule has 86 valence electrons. The molecule has 0 unspecified atom stereocenters. The third kappa shape index (κ3) is 1.57. The van der Waals surface area contributed by atoms with Crippen LogP contribution in [0.25, 0.3) is 0 Å². The fraction of sp³-hybridized carbons (Fsp3) is 0.636. The molecule has 0 atom stereocenters. The van der Waals surface area contributed by atoms with Crippen LogP contribution in [-0.2, 0) is 0 Å². The van der Waals surface area contributed by atoms with Gasteiger partial charge in [-0.25, -0.2) is 9.97 Å². The van der Waals surface area contributed by atoms with Crippen LogP contribution in [0.3, 0.4) is 0 Å². The molecule has 5 heteroatoms. The lowest BCUT2D eigenvalue weighted by atomic mass is 9.56. The Morgan fingerprint density at radius 2 is 2.06 bits per heavy atom. The Hall–Kier alpha value is -0.870. The van der Waals surface area contributed by atoms with Crippen molar-refractivity contribution in [3.05, 3.63) is 17.5 Å². The molecule has 1 aromatic rings. The van der Waals surface area contributed by atoms with Crippen molar-refractivity contribution in [3.63, 3.8) is 0 Å². The average molecular weight is 240 g/mol. The number of nitrogens with zero attached hydrogens (tertiary/aromatic N) is 3. The Labute approximate surface area is 99.3 Å². The second-order valence-electron chi connectivity index (χ2n) is 5.41. The van der Waals surface area contributed by atoms with Crippen molar-refractivity contribution < 1.29 is 5.11 Å². The van der Waals surface area contributed by atoms with Gasteiger partial charge in [-0.2, -0.15) is 0 Å². The molecule has 0 radical (unpaired) electrons. The van der Waals surface area contributed by atoms with E-state index in [4.69, 9.17) is 11.6 Å². The number of hydrogen-bond acceptors (Lipinski definition) is 4. The van der Waals surface area contributed by atoms with Crippen molar-refractivity contribution >= 4 is 17.4 Å². The number of halogens is 1. The van der Waals surface area contributed by atoms with Crippen LogP contribution in [0.4, 0.5) is 5.82 Å². The molecule has 0 aromatic carbocycles. The minimum Gasteiger partial charge on any atom is -0.390 e. The normalized spacial score (nSPS) is 25.1. The van der Waals surface area contributed by atoms with Gasteiger partial charge in [0, 0.05) is 24.6 Å². The summed E-state index contributed by atoms with van der Waals surface area (Å²) in [5.41, 5.74) is -0.129. The summed E-state index contributed by atoms with van der Waals surface area (Å²) in [7, 11) is 0. The van der Waals surface area contributed by atoms with Crippen molar-refractivity contribution in [2.45, 2.75) is 25.4 Å². The first kappa shape index (κ1) is 10.3. The smallest absolute Gasteiger partial charge is 0.134 e. The highest BCUT2D eigenvalue weighted by Gasteiger charge is 2.57. The van der Waals surface area contributed by atoms with E-state index in [0.29, 0.717) is 10.6 Å². The molecular weight excluding hydrogens is 226 g/mol. The van der Waals surface area contributed by atoms with Gasteiger partial charge in [0.1, 0.15) is 17.3 Å². The monoisotopic (exact) mass is 239 g/mol. The summed E-state index contributed by atoms with van der Waals surface area (Å²) in [6.45, 7) is 3.84. The van der Waals surface area contributed by atoms with E-state index in [1.807, 2.05) is 6.92 Å². The lowest BCUT2D eigenvalue weighted by Gasteiger charge is -2.61. The van der Waals surface area contributed by atoms with E-state index in [1.54, 1.807) is 6.07 Å². The largest absolute Gasteiger partial charge is 0.390 e.